The molecular formula is C26H41NO3Si. The van der Waals surface area contributed by atoms with E-state index >= 15 is 0 Å². The predicted octanol–water partition coefficient (Wildman–Crippen LogP) is 6.76. The lowest BCUT2D eigenvalue weighted by Gasteiger charge is -2.43. The minimum absolute atomic E-state index is 0.0197. The van der Waals surface area contributed by atoms with Crippen LogP contribution in [-0.4, -0.2) is 44.6 Å². The largest absolute Gasteiger partial charge is 0.444 e. The van der Waals surface area contributed by atoms with Gasteiger partial charge in [-0.2, -0.15) is 0 Å². The Labute approximate surface area is 190 Å². The Balaban J connectivity index is 1.73. The van der Waals surface area contributed by atoms with Crippen molar-refractivity contribution in [2.75, 3.05) is 19.7 Å². The molecule has 1 amide bonds. The highest BCUT2D eigenvalue weighted by atomic mass is 28.4. The molecule has 5 heteroatoms. The van der Waals surface area contributed by atoms with Crippen LogP contribution in [0.3, 0.4) is 0 Å². The zero-order valence-corrected chi connectivity index (χ0v) is 21.8. The van der Waals surface area contributed by atoms with Crippen LogP contribution in [0, 0.1) is 0 Å². The molecule has 0 aromatic heterocycles. The lowest BCUT2D eigenvalue weighted by Crippen LogP contribution is -2.47. The molecule has 0 unspecified atom stereocenters. The number of carbonyl (C=O) groups is 1. The predicted molar refractivity (Wildman–Crippen MR) is 131 cm³/mol. The van der Waals surface area contributed by atoms with E-state index < -0.39 is 13.9 Å². The summed E-state index contributed by atoms with van der Waals surface area (Å²) in [5, 5.41) is 0.219. The van der Waals surface area contributed by atoms with E-state index in [-0.39, 0.29) is 16.5 Å². The Hall–Kier alpha value is -1.59. The average Bonchev–Trinajstić information content (AvgIpc) is 2.93. The molecule has 31 heavy (non-hydrogen) atoms. The summed E-state index contributed by atoms with van der Waals surface area (Å²) < 4.78 is 12.1. The fraction of sp³-hybridized carbons (Fsp3) is 0.654. The molecule has 1 fully saturated rings. The first kappa shape index (κ1) is 24.1. The molecule has 2 aliphatic rings. The molecule has 1 aromatic rings. The summed E-state index contributed by atoms with van der Waals surface area (Å²) in [6, 6.07) is 8.76. The van der Waals surface area contributed by atoms with Crippen molar-refractivity contribution in [1.82, 2.24) is 4.90 Å². The number of fused-ring (bicyclic) bond motifs is 2. The van der Waals surface area contributed by atoms with Gasteiger partial charge < -0.3 is 14.1 Å². The van der Waals surface area contributed by atoms with Crippen molar-refractivity contribution in [3.05, 3.63) is 41.0 Å². The van der Waals surface area contributed by atoms with Gasteiger partial charge in [-0.05, 0) is 69.3 Å². The van der Waals surface area contributed by atoms with Crippen LogP contribution < -0.4 is 0 Å². The molecule has 3 rings (SSSR count). The quantitative estimate of drug-likeness (QED) is 0.482. The van der Waals surface area contributed by atoms with Crippen LogP contribution in [-0.2, 0) is 14.6 Å². The zero-order chi connectivity index (χ0) is 23.1. The lowest BCUT2D eigenvalue weighted by molar-refractivity contribution is 0.0178. The van der Waals surface area contributed by atoms with Crippen LogP contribution in [0.1, 0.15) is 71.9 Å². The number of rotatable bonds is 4. The molecule has 1 spiro atoms. The van der Waals surface area contributed by atoms with Gasteiger partial charge >= 0.3 is 6.09 Å². The second kappa shape index (κ2) is 8.40. The first-order valence-corrected chi connectivity index (χ1v) is 14.6. The molecular weight excluding hydrogens is 402 g/mol. The van der Waals surface area contributed by atoms with E-state index in [9.17, 15) is 4.79 Å². The number of carbonyl (C=O) groups excluding carboxylic acids is 1. The average molecular weight is 444 g/mol. The molecule has 0 bridgehead atoms. The molecule has 0 saturated carbocycles. The van der Waals surface area contributed by atoms with Crippen molar-refractivity contribution in [3.8, 4) is 0 Å². The highest BCUT2D eigenvalue weighted by Gasteiger charge is 2.45. The van der Waals surface area contributed by atoms with Crippen molar-refractivity contribution < 1.29 is 14.0 Å². The summed E-state index contributed by atoms with van der Waals surface area (Å²) in [5.74, 6) is 0. The number of amides is 1. The van der Waals surface area contributed by atoms with E-state index in [2.05, 4.69) is 64.2 Å². The second-order valence-electron chi connectivity index (χ2n) is 11.7. The van der Waals surface area contributed by atoms with Gasteiger partial charge in [-0.15, -0.1) is 0 Å². The van der Waals surface area contributed by atoms with Gasteiger partial charge in [0, 0.05) is 25.1 Å². The van der Waals surface area contributed by atoms with E-state index in [0.717, 1.165) is 39.0 Å². The standard InChI is InChI=1S/C26H41NO3Si/c1-24(2,3)30-23(28)27-16-14-26(15-17-27)21(19-20-11-9-10-12-22(20)26)13-18-29-31(7,8)25(4,5)6/h9-12,19H,13-18H2,1-8H3. The number of likely N-dealkylation sites (tertiary alicyclic amines) is 1. The van der Waals surface area contributed by atoms with Crippen molar-refractivity contribution in [1.29, 1.82) is 0 Å². The van der Waals surface area contributed by atoms with Gasteiger partial charge in [0.15, 0.2) is 8.32 Å². The maximum atomic E-state index is 12.6. The lowest BCUT2D eigenvalue weighted by atomic mass is 9.69. The summed E-state index contributed by atoms with van der Waals surface area (Å²) in [5.41, 5.74) is 3.78. The highest BCUT2D eigenvalue weighted by Crippen LogP contribution is 2.50. The van der Waals surface area contributed by atoms with Gasteiger partial charge in [-0.25, -0.2) is 4.79 Å². The number of ether oxygens (including phenoxy) is 1. The Morgan fingerprint density at radius 1 is 1.06 bits per heavy atom. The third kappa shape index (κ3) is 5.09. The van der Waals surface area contributed by atoms with E-state index in [1.807, 2.05) is 25.7 Å². The summed E-state index contributed by atoms with van der Waals surface area (Å²) >= 11 is 0. The number of piperidine rings is 1. The van der Waals surface area contributed by atoms with Gasteiger partial charge in [-0.3, -0.25) is 0 Å². The van der Waals surface area contributed by atoms with E-state index in [1.54, 1.807) is 0 Å². The van der Waals surface area contributed by atoms with Gasteiger partial charge in [0.05, 0.1) is 0 Å². The van der Waals surface area contributed by atoms with Crippen LogP contribution in [0.25, 0.3) is 6.08 Å². The third-order valence-electron chi connectivity index (χ3n) is 7.33. The highest BCUT2D eigenvalue weighted by molar-refractivity contribution is 6.74. The first-order chi connectivity index (χ1) is 14.3. The van der Waals surface area contributed by atoms with Crippen LogP contribution in [0.2, 0.25) is 18.1 Å². The number of benzene rings is 1. The molecule has 1 aromatic carbocycles. The number of nitrogens with zero attached hydrogens (tertiary/aromatic N) is 1. The molecule has 1 saturated heterocycles. The van der Waals surface area contributed by atoms with Crippen LogP contribution in [0.4, 0.5) is 4.79 Å². The molecule has 172 valence electrons. The fourth-order valence-corrected chi connectivity index (χ4v) is 5.53. The van der Waals surface area contributed by atoms with Crippen LogP contribution in [0.15, 0.2) is 29.8 Å². The maximum absolute atomic E-state index is 12.6. The van der Waals surface area contributed by atoms with Gasteiger partial charge in [-0.1, -0.05) is 56.7 Å². The summed E-state index contributed by atoms with van der Waals surface area (Å²) in [4.78, 5) is 14.5. The fourth-order valence-electron chi connectivity index (χ4n) is 4.49. The summed E-state index contributed by atoms with van der Waals surface area (Å²) in [7, 11) is -1.76. The SMILES string of the molecule is CC(C)(C)OC(=O)N1CCC2(CC1)C(CCO[Si](C)(C)C(C)(C)C)=Cc1ccccc12. The molecule has 1 aliphatic carbocycles. The maximum Gasteiger partial charge on any atom is 0.410 e. The van der Waals surface area contributed by atoms with E-state index in [4.69, 9.17) is 9.16 Å². The topological polar surface area (TPSA) is 38.8 Å². The molecule has 1 heterocycles. The minimum Gasteiger partial charge on any atom is -0.444 e. The smallest absolute Gasteiger partial charge is 0.410 e. The number of hydrogen-bond acceptors (Lipinski definition) is 3. The molecule has 4 nitrogen and oxygen atoms in total. The Morgan fingerprint density at radius 3 is 2.26 bits per heavy atom. The molecule has 1 aliphatic heterocycles. The first-order valence-electron chi connectivity index (χ1n) is 11.7. The van der Waals surface area contributed by atoms with E-state index in [0.29, 0.717) is 0 Å². The summed E-state index contributed by atoms with van der Waals surface area (Å²) in [6.07, 6.45) is 5.02. The number of hydrogen-bond donors (Lipinski definition) is 0. The molecule has 0 atom stereocenters. The van der Waals surface area contributed by atoms with Crippen molar-refractivity contribution in [2.45, 2.75) is 90.0 Å². The molecule has 0 radical (unpaired) electrons. The summed E-state index contributed by atoms with van der Waals surface area (Å²) in [6.45, 7) is 19.5. The van der Waals surface area contributed by atoms with Crippen molar-refractivity contribution in [3.63, 3.8) is 0 Å². The second-order valence-corrected chi connectivity index (χ2v) is 16.5. The van der Waals surface area contributed by atoms with Crippen LogP contribution >= 0.6 is 0 Å². The zero-order valence-electron chi connectivity index (χ0n) is 20.8. The van der Waals surface area contributed by atoms with E-state index in [1.165, 1.54) is 16.7 Å². The van der Waals surface area contributed by atoms with Crippen LogP contribution in [0.5, 0.6) is 0 Å². The normalized spacial score (nSPS) is 18.7. The van der Waals surface area contributed by atoms with Crippen molar-refractivity contribution >= 4 is 20.5 Å². The molecule has 0 N–H and O–H groups in total. The van der Waals surface area contributed by atoms with Gasteiger partial charge in [0.1, 0.15) is 5.60 Å². The Morgan fingerprint density at radius 2 is 1.68 bits per heavy atom. The van der Waals surface area contributed by atoms with Gasteiger partial charge in [0.2, 0.25) is 0 Å². The minimum atomic E-state index is -1.76. The monoisotopic (exact) mass is 443 g/mol. The third-order valence-corrected chi connectivity index (χ3v) is 11.9. The Bertz CT molecular complexity index is 837. The Kier molecular flexibility index (Phi) is 6.52. The van der Waals surface area contributed by atoms with Gasteiger partial charge in [0.25, 0.3) is 0 Å². The van der Waals surface area contributed by atoms with Crippen molar-refractivity contribution in [2.24, 2.45) is 0 Å².